The van der Waals surface area contributed by atoms with E-state index in [1.165, 1.54) is 6.07 Å². The number of imidazole rings is 1. The summed E-state index contributed by atoms with van der Waals surface area (Å²) in [4.78, 5) is 32.4. The van der Waals surface area contributed by atoms with Gasteiger partial charge in [0.15, 0.2) is 17.4 Å². The van der Waals surface area contributed by atoms with Crippen LogP contribution < -0.4 is 4.90 Å². The number of nitrogens with zero attached hydrogens (tertiary/aromatic N) is 7. The minimum absolute atomic E-state index is 0.139. The van der Waals surface area contributed by atoms with E-state index in [1.54, 1.807) is 34.1 Å². The lowest BCUT2D eigenvalue weighted by atomic mass is 10.0. The molecular formula is C26H25FN8O2. The number of piperazine rings is 1. The van der Waals surface area contributed by atoms with E-state index in [-0.39, 0.29) is 17.3 Å². The molecule has 1 atom stereocenters. The molecule has 7 rings (SSSR count). The molecule has 5 aromatic rings. The van der Waals surface area contributed by atoms with Gasteiger partial charge in [-0.3, -0.25) is 4.79 Å². The minimum Gasteiger partial charge on any atom is -0.438 e. The van der Waals surface area contributed by atoms with Crippen LogP contribution >= 0.6 is 0 Å². The van der Waals surface area contributed by atoms with Crippen molar-refractivity contribution in [2.24, 2.45) is 0 Å². The number of para-hydroxylation sites is 1. The molecule has 0 radical (unpaired) electrons. The van der Waals surface area contributed by atoms with Gasteiger partial charge in [0.25, 0.3) is 5.91 Å². The summed E-state index contributed by atoms with van der Waals surface area (Å²) in [7, 11) is 2.13. The predicted molar refractivity (Wildman–Crippen MR) is 134 cm³/mol. The van der Waals surface area contributed by atoms with Gasteiger partial charge in [-0.05, 0) is 31.3 Å². The van der Waals surface area contributed by atoms with Gasteiger partial charge < -0.3 is 24.1 Å². The summed E-state index contributed by atoms with van der Waals surface area (Å²) < 4.78 is 22.1. The van der Waals surface area contributed by atoms with Crippen molar-refractivity contribution in [2.75, 3.05) is 44.7 Å². The second-order valence-corrected chi connectivity index (χ2v) is 9.62. The molecule has 4 aromatic heterocycles. The lowest BCUT2D eigenvalue weighted by molar-refractivity contribution is 0.0669. The number of aromatic nitrogens is 5. The van der Waals surface area contributed by atoms with E-state index in [4.69, 9.17) is 4.42 Å². The Hall–Kier alpha value is -4.25. The zero-order chi connectivity index (χ0) is 25.1. The number of rotatable bonds is 3. The van der Waals surface area contributed by atoms with Gasteiger partial charge in [0.1, 0.15) is 5.52 Å². The van der Waals surface area contributed by atoms with Crippen molar-refractivity contribution < 1.29 is 13.6 Å². The van der Waals surface area contributed by atoms with Gasteiger partial charge in [0.05, 0.1) is 41.2 Å². The molecule has 1 saturated heterocycles. The average molecular weight is 501 g/mol. The summed E-state index contributed by atoms with van der Waals surface area (Å²) in [5.41, 5.74) is 4.31. The topological polar surface area (TPSA) is 98.8 Å². The number of fused-ring (bicyclic) bond motifs is 3. The Morgan fingerprint density at radius 1 is 1.14 bits per heavy atom. The Morgan fingerprint density at radius 2 is 2.00 bits per heavy atom. The first-order valence-electron chi connectivity index (χ1n) is 12.4. The fourth-order valence-electron chi connectivity index (χ4n) is 5.34. The Morgan fingerprint density at radius 3 is 2.84 bits per heavy atom. The zero-order valence-corrected chi connectivity index (χ0v) is 20.3. The molecule has 1 fully saturated rings. The van der Waals surface area contributed by atoms with Crippen molar-refractivity contribution in [3.63, 3.8) is 0 Å². The number of aromatic amines is 1. The summed E-state index contributed by atoms with van der Waals surface area (Å²) in [6, 6.07) is 7.89. The van der Waals surface area contributed by atoms with Gasteiger partial charge in [-0.2, -0.15) is 5.10 Å². The van der Waals surface area contributed by atoms with Crippen LogP contribution in [-0.4, -0.2) is 80.0 Å². The van der Waals surface area contributed by atoms with Gasteiger partial charge in [0, 0.05) is 44.8 Å². The molecule has 1 amide bonds. The summed E-state index contributed by atoms with van der Waals surface area (Å²) in [5.74, 6) is -0.443. The molecule has 6 heterocycles. The molecule has 1 aromatic carbocycles. The average Bonchev–Trinajstić information content (AvgIpc) is 3.66. The molecule has 11 heteroatoms. The monoisotopic (exact) mass is 500 g/mol. The number of carbonyl (C=O) groups is 1. The van der Waals surface area contributed by atoms with Crippen molar-refractivity contribution in [3.8, 4) is 0 Å². The van der Waals surface area contributed by atoms with Crippen molar-refractivity contribution in [2.45, 2.75) is 12.5 Å². The lowest BCUT2D eigenvalue weighted by Gasteiger charge is -2.34. The second kappa shape index (κ2) is 8.41. The van der Waals surface area contributed by atoms with Crippen LogP contribution in [0.4, 0.5) is 10.1 Å². The first-order chi connectivity index (χ1) is 18.1. The third-order valence-corrected chi connectivity index (χ3v) is 7.41. The summed E-state index contributed by atoms with van der Waals surface area (Å²) >= 11 is 0. The number of nitrogens with one attached hydrogen (secondary N) is 1. The predicted octanol–water partition coefficient (Wildman–Crippen LogP) is 2.88. The van der Waals surface area contributed by atoms with Crippen LogP contribution in [0.15, 0.2) is 53.5 Å². The number of halogens is 1. The lowest BCUT2D eigenvalue weighted by Crippen LogP contribution is -2.44. The first-order valence-corrected chi connectivity index (χ1v) is 12.4. The van der Waals surface area contributed by atoms with Crippen LogP contribution in [-0.2, 0) is 6.42 Å². The molecule has 0 aliphatic carbocycles. The maximum absolute atomic E-state index is 14.4. The molecule has 37 heavy (non-hydrogen) atoms. The fraction of sp³-hybridized carbons (Fsp3) is 0.308. The molecule has 2 aliphatic rings. The summed E-state index contributed by atoms with van der Waals surface area (Å²) in [6.45, 7) is 4.33. The largest absolute Gasteiger partial charge is 0.438 e. The van der Waals surface area contributed by atoms with E-state index in [1.807, 2.05) is 18.3 Å². The van der Waals surface area contributed by atoms with Gasteiger partial charge in [0.2, 0.25) is 5.89 Å². The van der Waals surface area contributed by atoms with Gasteiger partial charge in [-0.25, -0.2) is 18.9 Å². The molecule has 0 unspecified atom stereocenters. The van der Waals surface area contributed by atoms with E-state index >= 15 is 0 Å². The third-order valence-electron chi connectivity index (χ3n) is 7.41. The summed E-state index contributed by atoms with van der Waals surface area (Å²) in [6.07, 6.45) is 5.79. The third kappa shape index (κ3) is 3.57. The maximum Gasteiger partial charge on any atom is 0.258 e. The normalized spacial score (nSPS) is 18.6. The number of benzene rings is 1. The highest BCUT2D eigenvalue weighted by atomic mass is 19.1. The van der Waals surface area contributed by atoms with Crippen molar-refractivity contribution in [1.29, 1.82) is 0 Å². The van der Waals surface area contributed by atoms with Gasteiger partial charge in [-0.15, -0.1) is 0 Å². The molecule has 188 valence electrons. The van der Waals surface area contributed by atoms with Crippen LogP contribution in [0.1, 0.15) is 33.7 Å². The first kappa shape index (κ1) is 22.0. The minimum atomic E-state index is -0.686. The number of hydrogen-bond acceptors (Lipinski definition) is 7. The molecular weight excluding hydrogens is 475 g/mol. The summed E-state index contributed by atoms with van der Waals surface area (Å²) in [5, 5.41) is 4.51. The standard InChI is InChI=1S/C26H25FN8O2/c1-32-9-11-33(12-10-32)16-5-6-20-17(13-30-35(20)14-16)26(36)34-8-7-19-23(29-15-28-19)24(34)25-31-22-18(27)3-2-4-21(22)37-25/h2-6,13-15,24H,7-12H2,1H3,(H,28,29)/t24-/m0/s1. The highest BCUT2D eigenvalue weighted by molar-refractivity contribution is 6.01. The number of H-pyrrole nitrogens is 1. The van der Waals surface area contributed by atoms with Crippen LogP contribution in [0, 0.1) is 5.82 Å². The number of likely N-dealkylation sites (N-methyl/N-ethyl adjacent to an activating group) is 1. The number of anilines is 1. The van der Waals surface area contributed by atoms with Crippen molar-refractivity contribution in [1.82, 2.24) is 34.4 Å². The van der Waals surface area contributed by atoms with Crippen molar-refractivity contribution >= 4 is 28.2 Å². The Bertz CT molecular complexity index is 1630. The molecule has 0 saturated carbocycles. The number of pyridine rings is 1. The molecule has 1 N–H and O–H groups in total. The van der Waals surface area contributed by atoms with E-state index in [2.05, 4.69) is 36.9 Å². The van der Waals surface area contributed by atoms with Crippen LogP contribution in [0.3, 0.4) is 0 Å². The van der Waals surface area contributed by atoms with Crippen LogP contribution in [0.25, 0.3) is 16.6 Å². The zero-order valence-electron chi connectivity index (χ0n) is 20.3. The van der Waals surface area contributed by atoms with E-state index < -0.39 is 11.9 Å². The molecule has 0 bridgehead atoms. The fourth-order valence-corrected chi connectivity index (χ4v) is 5.34. The molecule has 2 aliphatic heterocycles. The van der Waals surface area contributed by atoms with Gasteiger partial charge in [-0.1, -0.05) is 6.07 Å². The number of carbonyl (C=O) groups excluding carboxylic acids is 1. The van der Waals surface area contributed by atoms with Gasteiger partial charge >= 0.3 is 0 Å². The SMILES string of the molecule is CN1CCN(c2ccc3c(C(=O)N4CCc5[nH]cnc5[C@H]4c4nc5c(F)cccc5o4)cnn3c2)CC1. The van der Waals surface area contributed by atoms with E-state index in [0.29, 0.717) is 29.8 Å². The maximum atomic E-state index is 14.4. The second-order valence-electron chi connectivity index (χ2n) is 9.62. The highest BCUT2D eigenvalue weighted by Crippen LogP contribution is 2.36. The Labute approximate surface area is 211 Å². The molecule has 10 nitrogen and oxygen atoms in total. The van der Waals surface area contributed by atoms with Crippen LogP contribution in [0.2, 0.25) is 0 Å². The Balaban J connectivity index is 1.26. The van der Waals surface area contributed by atoms with E-state index in [0.717, 1.165) is 43.1 Å². The number of oxazole rings is 1. The molecule has 0 spiro atoms. The van der Waals surface area contributed by atoms with Crippen LogP contribution in [0.5, 0.6) is 0 Å². The Kier molecular flexibility index (Phi) is 5.00. The smallest absolute Gasteiger partial charge is 0.258 e. The number of amides is 1. The van der Waals surface area contributed by atoms with E-state index in [9.17, 15) is 9.18 Å². The quantitative estimate of drug-likeness (QED) is 0.407. The number of hydrogen-bond donors (Lipinski definition) is 1. The highest BCUT2D eigenvalue weighted by Gasteiger charge is 2.38. The van der Waals surface area contributed by atoms with Crippen molar-refractivity contribution in [3.05, 3.63) is 77.7 Å².